The highest BCUT2D eigenvalue weighted by molar-refractivity contribution is 6.24. The fourth-order valence-corrected chi connectivity index (χ4v) is 7.00. The number of para-hydroxylation sites is 2. The van der Waals surface area contributed by atoms with Crippen molar-refractivity contribution in [2.24, 2.45) is 0 Å². The lowest BCUT2D eigenvalue weighted by atomic mass is 10.0. The van der Waals surface area contributed by atoms with Crippen molar-refractivity contribution < 1.29 is 4.42 Å². The zero-order chi connectivity index (χ0) is 28.7. The van der Waals surface area contributed by atoms with E-state index in [-0.39, 0.29) is 0 Å². The zero-order valence-electron chi connectivity index (χ0n) is 23.0. The van der Waals surface area contributed by atoms with Gasteiger partial charge in [0.1, 0.15) is 11.2 Å². The van der Waals surface area contributed by atoms with E-state index < -0.39 is 0 Å². The van der Waals surface area contributed by atoms with Gasteiger partial charge in [-0.05, 0) is 73.0 Å². The number of aromatic nitrogens is 2. The maximum absolute atomic E-state index is 9.74. The van der Waals surface area contributed by atoms with Gasteiger partial charge in [-0.1, -0.05) is 54.6 Å². The number of benzene rings is 5. The van der Waals surface area contributed by atoms with E-state index in [9.17, 15) is 5.26 Å². The molecule has 0 N–H and O–H groups in total. The maximum Gasteiger partial charge on any atom is 0.210 e. The average Bonchev–Trinajstić information content (AvgIpc) is 3.71. The largest absolute Gasteiger partial charge is 0.455 e. The van der Waals surface area contributed by atoms with E-state index in [1.165, 1.54) is 22.2 Å². The van der Waals surface area contributed by atoms with Crippen LogP contribution in [0.4, 0.5) is 5.69 Å². The first-order valence-corrected chi connectivity index (χ1v) is 14.3. The topological polar surface area (TPSA) is 51.1 Å². The summed E-state index contributed by atoms with van der Waals surface area (Å²) in [5.74, 6) is 0. The van der Waals surface area contributed by atoms with Crippen LogP contribution < -0.4 is 0 Å². The summed E-state index contributed by atoms with van der Waals surface area (Å²) in [5, 5.41) is 15.2. The van der Waals surface area contributed by atoms with Crippen LogP contribution in [-0.2, 0) is 6.42 Å². The summed E-state index contributed by atoms with van der Waals surface area (Å²) < 4.78 is 11.0. The number of nitriles is 1. The number of nitrogens with zero attached hydrogens (tertiary/aromatic N) is 4. The monoisotopic (exact) mass is 550 g/mol. The Morgan fingerprint density at radius 3 is 2.47 bits per heavy atom. The van der Waals surface area contributed by atoms with Crippen molar-refractivity contribution in [3.05, 3.63) is 131 Å². The van der Waals surface area contributed by atoms with Crippen LogP contribution in [0.3, 0.4) is 0 Å². The molecular formula is C38H22N4O. The summed E-state index contributed by atoms with van der Waals surface area (Å²) >= 11 is 0. The summed E-state index contributed by atoms with van der Waals surface area (Å²) in [6, 6.07) is 35.0. The first kappa shape index (κ1) is 23.6. The van der Waals surface area contributed by atoms with Crippen LogP contribution in [0.1, 0.15) is 23.2 Å². The molecule has 0 spiro atoms. The molecule has 43 heavy (non-hydrogen) atoms. The standard InChI is InChI=1S/C38H22N4O/c1-40-30-17-14-23(22-39)20-35(30)42-33-18-15-24(41-31-11-5-2-8-25(31)26-9-3-6-12-32(26)41)21-29(33)37-34(42)19-16-28-27-10-4-7-13-36(27)43-38(28)37/h2,4-8,10-21H,3,9H2. The molecule has 5 aromatic carbocycles. The molecule has 200 valence electrons. The van der Waals surface area contributed by atoms with E-state index in [0.717, 1.165) is 62.3 Å². The van der Waals surface area contributed by atoms with E-state index in [0.29, 0.717) is 16.9 Å². The lowest BCUT2D eigenvalue weighted by Crippen LogP contribution is -2.00. The second-order valence-electron chi connectivity index (χ2n) is 11.1. The zero-order valence-corrected chi connectivity index (χ0v) is 23.0. The Labute approximate surface area is 246 Å². The predicted molar refractivity (Wildman–Crippen MR) is 173 cm³/mol. The van der Waals surface area contributed by atoms with Crippen LogP contribution in [0.5, 0.6) is 0 Å². The van der Waals surface area contributed by atoms with Gasteiger partial charge in [0.2, 0.25) is 5.69 Å². The third-order valence-corrected chi connectivity index (χ3v) is 8.84. The Bertz CT molecular complexity index is 2590. The lowest BCUT2D eigenvalue weighted by molar-refractivity contribution is 0.673. The number of fused-ring (bicyclic) bond motifs is 10. The van der Waals surface area contributed by atoms with Gasteiger partial charge in [0, 0.05) is 32.9 Å². The smallest absolute Gasteiger partial charge is 0.210 e. The van der Waals surface area contributed by atoms with Gasteiger partial charge >= 0.3 is 0 Å². The highest BCUT2D eigenvalue weighted by Gasteiger charge is 2.23. The molecule has 5 heteroatoms. The van der Waals surface area contributed by atoms with Crippen molar-refractivity contribution in [1.29, 1.82) is 5.26 Å². The van der Waals surface area contributed by atoms with Crippen LogP contribution >= 0.6 is 0 Å². The average molecular weight is 551 g/mol. The highest BCUT2D eigenvalue weighted by Crippen LogP contribution is 2.43. The number of hydrogen-bond acceptors (Lipinski definition) is 2. The minimum absolute atomic E-state index is 0.488. The van der Waals surface area contributed by atoms with Gasteiger partial charge < -0.3 is 13.6 Å². The number of allylic oxidation sites excluding steroid dienone is 1. The number of rotatable bonds is 2. The lowest BCUT2D eigenvalue weighted by Gasteiger charge is -2.13. The Morgan fingerprint density at radius 1 is 0.767 bits per heavy atom. The Kier molecular flexibility index (Phi) is 4.80. The molecule has 3 heterocycles. The molecule has 0 atom stereocenters. The molecule has 9 rings (SSSR count). The molecule has 0 saturated heterocycles. The van der Waals surface area contributed by atoms with Crippen molar-refractivity contribution in [1.82, 2.24) is 9.13 Å². The van der Waals surface area contributed by atoms with Gasteiger partial charge in [0.05, 0.1) is 45.8 Å². The summed E-state index contributed by atoms with van der Waals surface area (Å²) in [6.07, 6.45) is 6.57. The molecule has 1 aliphatic carbocycles. The first-order valence-electron chi connectivity index (χ1n) is 14.3. The van der Waals surface area contributed by atoms with Crippen molar-refractivity contribution in [3.63, 3.8) is 0 Å². The molecule has 0 fully saturated rings. The summed E-state index contributed by atoms with van der Waals surface area (Å²) in [7, 11) is 0. The maximum atomic E-state index is 9.74. The van der Waals surface area contributed by atoms with Crippen LogP contribution in [0.25, 0.3) is 76.9 Å². The quantitative estimate of drug-likeness (QED) is 0.201. The minimum Gasteiger partial charge on any atom is -0.455 e. The third kappa shape index (κ3) is 3.19. The van der Waals surface area contributed by atoms with Gasteiger partial charge in [0.25, 0.3) is 0 Å². The molecule has 3 aromatic heterocycles. The van der Waals surface area contributed by atoms with Gasteiger partial charge in [-0.2, -0.15) is 5.26 Å². The summed E-state index contributed by atoms with van der Waals surface area (Å²) in [5.41, 5.74) is 10.1. The molecule has 0 aliphatic heterocycles. The van der Waals surface area contributed by atoms with Gasteiger partial charge in [-0.25, -0.2) is 4.85 Å². The molecular weight excluding hydrogens is 528 g/mol. The van der Waals surface area contributed by atoms with Crippen LogP contribution in [-0.4, -0.2) is 9.13 Å². The molecule has 0 unspecified atom stereocenters. The molecule has 8 aromatic rings. The minimum atomic E-state index is 0.488. The van der Waals surface area contributed by atoms with E-state index in [1.807, 2.05) is 24.3 Å². The molecule has 0 saturated carbocycles. The van der Waals surface area contributed by atoms with Crippen molar-refractivity contribution in [2.45, 2.75) is 12.8 Å². The number of aryl methyl sites for hydroxylation is 1. The second kappa shape index (κ2) is 8.73. The fraction of sp³-hybridized carbons (Fsp3) is 0.0526. The summed E-state index contributed by atoms with van der Waals surface area (Å²) in [4.78, 5) is 3.84. The van der Waals surface area contributed by atoms with Crippen LogP contribution in [0, 0.1) is 17.9 Å². The molecule has 1 aliphatic rings. The Balaban J connectivity index is 1.45. The van der Waals surface area contributed by atoms with Gasteiger partial charge in [-0.15, -0.1) is 0 Å². The SMILES string of the molecule is [C-]#[N+]c1ccc(C#N)cc1-n1c2ccc(-n3c4c(c5ccccc53)CCC=C4)cc2c2c3oc4ccccc4c3ccc21. The van der Waals surface area contributed by atoms with Crippen molar-refractivity contribution in [3.8, 4) is 17.4 Å². The molecule has 0 radical (unpaired) electrons. The van der Waals surface area contributed by atoms with E-state index in [1.54, 1.807) is 12.1 Å². The van der Waals surface area contributed by atoms with Crippen LogP contribution in [0.15, 0.2) is 108 Å². The third-order valence-electron chi connectivity index (χ3n) is 8.84. The fourth-order valence-electron chi connectivity index (χ4n) is 7.00. The van der Waals surface area contributed by atoms with Crippen molar-refractivity contribution >= 4 is 66.4 Å². The Hall–Kier alpha value is -6.04. The molecule has 5 nitrogen and oxygen atoms in total. The van der Waals surface area contributed by atoms with E-state index in [4.69, 9.17) is 11.0 Å². The van der Waals surface area contributed by atoms with Crippen molar-refractivity contribution in [2.75, 3.05) is 0 Å². The molecule has 0 bridgehead atoms. The van der Waals surface area contributed by atoms with Gasteiger partial charge in [-0.3, -0.25) is 0 Å². The normalized spacial score (nSPS) is 12.8. The van der Waals surface area contributed by atoms with Crippen LogP contribution in [0.2, 0.25) is 0 Å². The first-order chi connectivity index (χ1) is 21.2. The van der Waals surface area contributed by atoms with Gasteiger partial charge in [0.15, 0.2) is 0 Å². The number of furan rings is 1. The Morgan fingerprint density at radius 2 is 1.58 bits per heavy atom. The molecule has 0 amide bonds. The number of hydrogen-bond donors (Lipinski definition) is 0. The second-order valence-corrected chi connectivity index (χ2v) is 11.1. The predicted octanol–water partition coefficient (Wildman–Crippen LogP) is 10.0. The highest BCUT2D eigenvalue weighted by atomic mass is 16.3. The summed E-state index contributed by atoms with van der Waals surface area (Å²) in [6.45, 7) is 7.93. The van der Waals surface area contributed by atoms with E-state index in [2.05, 4.69) is 92.9 Å². The van der Waals surface area contributed by atoms with E-state index >= 15 is 0 Å².